The van der Waals surface area contributed by atoms with Crippen molar-refractivity contribution in [2.45, 2.75) is 19.9 Å². The predicted molar refractivity (Wildman–Crippen MR) is 79.8 cm³/mol. The Labute approximate surface area is 119 Å². The van der Waals surface area contributed by atoms with Crippen LogP contribution in [0.25, 0.3) is 0 Å². The summed E-state index contributed by atoms with van der Waals surface area (Å²) < 4.78 is 0. The number of nitrogens with zero attached hydrogens (tertiary/aromatic N) is 1. The van der Waals surface area contributed by atoms with E-state index in [4.69, 9.17) is 0 Å². The molecular weight excluding hydrogens is 250 g/mol. The molecule has 0 aliphatic heterocycles. The molecule has 1 atom stereocenters. The van der Waals surface area contributed by atoms with Gasteiger partial charge in [-0.05, 0) is 43.2 Å². The Morgan fingerprint density at radius 1 is 1.10 bits per heavy atom. The maximum absolute atomic E-state index is 12.5. The van der Waals surface area contributed by atoms with Gasteiger partial charge in [-0.25, -0.2) is 0 Å². The fourth-order valence-corrected chi connectivity index (χ4v) is 2.16. The fourth-order valence-electron chi connectivity index (χ4n) is 2.16. The Kier molecular flexibility index (Phi) is 4.08. The smallest absolute Gasteiger partial charge is 0.254 e. The molecule has 20 heavy (non-hydrogen) atoms. The maximum atomic E-state index is 12.5. The molecular formula is C17H19NO2. The molecule has 0 spiro atoms. The van der Waals surface area contributed by atoms with E-state index in [0.29, 0.717) is 0 Å². The lowest BCUT2D eigenvalue weighted by molar-refractivity contribution is 0.0742. The first kappa shape index (κ1) is 14.1. The number of aromatic hydroxyl groups is 1. The van der Waals surface area contributed by atoms with Crippen LogP contribution in [-0.4, -0.2) is 23.0 Å². The second kappa shape index (κ2) is 5.78. The molecule has 0 bridgehead atoms. The lowest BCUT2D eigenvalue weighted by Gasteiger charge is -2.26. The minimum absolute atomic E-state index is 0.00340. The van der Waals surface area contributed by atoms with Crippen molar-refractivity contribution in [2.24, 2.45) is 0 Å². The normalized spacial score (nSPS) is 11.9. The molecule has 0 aromatic heterocycles. The Morgan fingerprint density at radius 3 is 2.30 bits per heavy atom. The van der Waals surface area contributed by atoms with Crippen LogP contribution in [0.2, 0.25) is 0 Å². The van der Waals surface area contributed by atoms with Crippen molar-refractivity contribution >= 4 is 5.91 Å². The van der Waals surface area contributed by atoms with Gasteiger partial charge in [-0.3, -0.25) is 4.79 Å². The summed E-state index contributed by atoms with van der Waals surface area (Å²) in [5, 5.41) is 9.32. The molecule has 1 amide bonds. The zero-order valence-electron chi connectivity index (χ0n) is 12.0. The Balaban J connectivity index is 2.22. The lowest BCUT2D eigenvalue weighted by Crippen LogP contribution is -2.30. The number of hydrogen-bond acceptors (Lipinski definition) is 2. The third-order valence-corrected chi connectivity index (χ3v) is 3.65. The van der Waals surface area contributed by atoms with E-state index < -0.39 is 0 Å². The minimum atomic E-state index is -0.0530. The Morgan fingerprint density at radius 2 is 1.70 bits per heavy atom. The standard InChI is InChI=1S/C17H19NO2/c1-12-6-4-5-7-16(12)17(20)18(3)13(2)14-8-10-15(19)11-9-14/h4-11,13,19H,1-3H3. The lowest BCUT2D eigenvalue weighted by atomic mass is 10.0. The molecule has 0 heterocycles. The van der Waals surface area contributed by atoms with Gasteiger partial charge in [-0.2, -0.15) is 0 Å². The van der Waals surface area contributed by atoms with Gasteiger partial charge in [0.25, 0.3) is 5.91 Å². The second-order valence-corrected chi connectivity index (χ2v) is 5.00. The highest BCUT2D eigenvalue weighted by atomic mass is 16.3. The minimum Gasteiger partial charge on any atom is -0.508 e. The number of aryl methyl sites for hydroxylation is 1. The topological polar surface area (TPSA) is 40.5 Å². The molecule has 2 rings (SSSR count). The van der Waals surface area contributed by atoms with Crippen molar-refractivity contribution in [3.63, 3.8) is 0 Å². The molecule has 2 aromatic carbocycles. The summed E-state index contributed by atoms with van der Waals surface area (Å²) >= 11 is 0. The number of hydrogen-bond donors (Lipinski definition) is 1. The van der Waals surface area contributed by atoms with Crippen LogP contribution in [0, 0.1) is 6.92 Å². The molecule has 2 aromatic rings. The van der Waals surface area contributed by atoms with E-state index in [1.54, 1.807) is 24.1 Å². The van der Waals surface area contributed by atoms with Crippen LogP contribution in [0.15, 0.2) is 48.5 Å². The molecule has 0 aliphatic rings. The highest BCUT2D eigenvalue weighted by Gasteiger charge is 2.19. The third-order valence-electron chi connectivity index (χ3n) is 3.65. The quantitative estimate of drug-likeness (QED) is 0.926. The van der Waals surface area contributed by atoms with Crippen LogP contribution in [-0.2, 0) is 0 Å². The largest absolute Gasteiger partial charge is 0.508 e. The van der Waals surface area contributed by atoms with Crippen molar-refractivity contribution in [1.82, 2.24) is 4.90 Å². The van der Waals surface area contributed by atoms with E-state index in [1.807, 2.05) is 50.2 Å². The molecule has 0 aliphatic carbocycles. The van der Waals surface area contributed by atoms with E-state index in [-0.39, 0.29) is 17.7 Å². The van der Waals surface area contributed by atoms with Gasteiger partial charge in [0.2, 0.25) is 0 Å². The van der Waals surface area contributed by atoms with E-state index >= 15 is 0 Å². The number of carbonyl (C=O) groups is 1. The SMILES string of the molecule is Cc1ccccc1C(=O)N(C)C(C)c1ccc(O)cc1. The summed E-state index contributed by atoms with van der Waals surface area (Å²) in [7, 11) is 1.80. The number of amides is 1. The van der Waals surface area contributed by atoms with Crippen LogP contribution in [0.5, 0.6) is 5.75 Å². The second-order valence-electron chi connectivity index (χ2n) is 5.00. The van der Waals surface area contributed by atoms with Crippen molar-refractivity contribution < 1.29 is 9.90 Å². The fraction of sp³-hybridized carbons (Fsp3) is 0.235. The van der Waals surface area contributed by atoms with Crippen LogP contribution in [0.3, 0.4) is 0 Å². The number of phenols is 1. The summed E-state index contributed by atoms with van der Waals surface area (Å²) in [4.78, 5) is 14.2. The van der Waals surface area contributed by atoms with Gasteiger partial charge in [-0.15, -0.1) is 0 Å². The Hall–Kier alpha value is -2.29. The molecule has 1 N–H and O–H groups in total. The first-order chi connectivity index (χ1) is 9.50. The average molecular weight is 269 g/mol. The molecule has 3 nitrogen and oxygen atoms in total. The molecule has 104 valence electrons. The summed E-state index contributed by atoms with van der Waals surface area (Å²) in [5.41, 5.74) is 2.69. The molecule has 0 fully saturated rings. The molecule has 1 unspecified atom stereocenters. The summed E-state index contributed by atoms with van der Waals surface area (Å²) in [6.07, 6.45) is 0. The zero-order valence-corrected chi connectivity index (χ0v) is 12.0. The maximum Gasteiger partial charge on any atom is 0.254 e. The summed E-state index contributed by atoms with van der Waals surface area (Å²) in [5.74, 6) is 0.234. The van der Waals surface area contributed by atoms with Crippen LogP contribution in [0.4, 0.5) is 0 Å². The van der Waals surface area contributed by atoms with Gasteiger partial charge in [0.1, 0.15) is 5.75 Å². The van der Waals surface area contributed by atoms with E-state index in [9.17, 15) is 9.90 Å². The number of rotatable bonds is 3. The summed E-state index contributed by atoms with van der Waals surface area (Å²) in [6, 6.07) is 14.5. The zero-order chi connectivity index (χ0) is 14.7. The predicted octanol–water partition coefficient (Wildman–Crippen LogP) is 3.53. The molecule has 0 radical (unpaired) electrons. The van der Waals surface area contributed by atoms with Crippen molar-refractivity contribution in [1.29, 1.82) is 0 Å². The van der Waals surface area contributed by atoms with E-state index in [1.165, 1.54) is 0 Å². The monoisotopic (exact) mass is 269 g/mol. The highest BCUT2D eigenvalue weighted by Crippen LogP contribution is 2.23. The van der Waals surface area contributed by atoms with Gasteiger partial charge in [0, 0.05) is 12.6 Å². The van der Waals surface area contributed by atoms with E-state index in [0.717, 1.165) is 16.7 Å². The van der Waals surface area contributed by atoms with Crippen molar-refractivity contribution in [2.75, 3.05) is 7.05 Å². The van der Waals surface area contributed by atoms with Gasteiger partial charge >= 0.3 is 0 Å². The molecule has 0 saturated heterocycles. The first-order valence-electron chi connectivity index (χ1n) is 6.62. The number of benzene rings is 2. The Bertz CT molecular complexity index is 605. The van der Waals surface area contributed by atoms with Gasteiger partial charge in [-0.1, -0.05) is 30.3 Å². The van der Waals surface area contributed by atoms with Crippen LogP contribution < -0.4 is 0 Å². The van der Waals surface area contributed by atoms with Crippen molar-refractivity contribution in [3.8, 4) is 5.75 Å². The number of phenolic OH excluding ortho intramolecular Hbond substituents is 1. The van der Waals surface area contributed by atoms with Gasteiger partial charge in [0.15, 0.2) is 0 Å². The third kappa shape index (κ3) is 2.82. The summed E-state index contributed by atoms with van der Waals surface area (Å²) in [6.45, 7) is 3.91. The van der Waals surface area contributed by atoms with Crippen LogP contribution in [0.1, 0.15) is 34.5 Å². The number of carbonyl (C=O) groups excluding carboxylic acids is 1. The average Bonchev–Trinajstić information content (AvgIpc) is 2.46. The van der Waals surface area contributed by atoms with Gasteiger partial charge in [0.05, 0.1) is 6.04 Å². The van der Waals surface area contributed by atoms with Crippen LogP contribution >= 0.6 is 0 Å². The first-order valence-corrected chi connectivity index (χ1v) is 6.62. The molecule has 3 heteroatoms. The molecule has 0 saturated carbocycles. The highest BCUT2D eigenvalue weighted by molar-refractivity contribution is 5.95. The van der Waals surface area contributed by atoms with Crippen molar-refractivity contribution in [3.05, 3.63) is 65.2 Å². The van der Waals surface area contributed by atoms with E-state index in [2.05, 4.69) is 0 Å². The van der Waals surface area contributed by atoms with Gasteiger partial charge < -0.3 is 10.0 Å².